The van der Waals surface area contributed by atoms with E-state index in [0.29, 0.717) is 0 Å². The lowest BCUT2D eigenvalue weighted by Gasteiger charge is -2.21. The molecule has 1 aliphatic carbocycles. The highest BCUT2D eigenvalue weighted by Crippen LogP contribution is 2.37. The van der Waals surface area contributed by atoms with Crippen LogP contribution in [0.5, 0.6) is 0 Å². The molecule has 1 fully saturated rings. The first-order valence-corrected chi connectivity index (χ1v) is 6.50. The van der Waals surface area contributed by atoms with Crippen molar-refractivity contribution < 1.29 is 22.8 Å². The highest BCUT2D eigenvalue weighted by Gasteiger charge is 2.55. The Bertz CT molecular complexity index is 539. The zero-order valence-corrected chi connectivity index (χ0v) is 11.3. The van der Waals surface area contributed by atoms with Crippen molar-refractivity contribution in [1.29, 1.82) is 0 Å². The monoisotopic (exact) mass is 300 g/mol. The fourth-order valence-corrected chi connectivity index (χ4v) is 1.98. The molecule has 7 heteroatoms. The van der Waals surface area contributed by atoms with Gasteiger partial charge in [-0.05, 0) is 25.3 Å². The summed E-state index contributed by atoms with van der Waals surface area (Å²) >= 11 is 0. The van der Waals surface area contributed by atoms with E-state index in [9.17, 15) is 22.8 Å². The van der Waals surface area contributed by atoms with Gasteiger partial charge in [0.15, 0.2) is 0 Å². The molecule has 2 N–H and O–H groups in total. The number of hydrogen-bond donors (Lipinski definition) is 2. The van der Waals surface area contributed by atoms with Gasteiger partial charge in [-0.25, -0.2) is 0 Å². The third-order valence-electron chi connectivity index (χ3n) is 3.44. The Hall–Kier alpha value is -2.05. The lowest BCUT2D eigenvalue weighted by Crippen LogP contribution is -2.52. The van der Waals surface area contributed by atoms with E-state index >= 15 is 0 Å². The van der Waals surface area contributed by atoms with Gasteiger partial charge < -0.3 is 10.6 Å². The Morgan fingerprint density at radius 1 is 1.19 bits per heavy atom. The number of carbonyl (C=O) groups excluding carboxylic acids is 2. The second-order valence-corrected chi connectivity index (χ2v) is 5.14. The van der Waals surface area contributed by atoms with Gasteiger partial charge in [-0.3, -0.25) is 9.59 Å². The third-order valence-corrected chi connectivity index (χ3v) is 3.44. The van der Waals surface area contributed by atoms with Gasteiger partial charge in [-0.2, -0.15) is 13.2 Å². The van der Waals surface area contributed by atoms with Crippen molar-refractivity contribution in [3.8, 4) is 0 Å². The Kier molecular flexibility index (Phi) is 3.93. The molecule has 2 rings (SSSR count). The minimum absolute atomic E-state index is 0.210. The van der Waals surface area contributed by atoms with Gasteiger partial charge in [0.05, 0.1) is 6.04 Å². The van der Waals surface area contributed by atoms with Gasteiger partial charge in [0, 0.05) is 0 Å². The summed E-state index contributed by atoms with van der Waals surface area (Å²) in [7, 11) is 0. The van der Waals surface area contributed by atoms with E-state index in [1.54, 1.807) is 36.5 Å². The summed E-state index contributed by atoms with van der Waals surface area (Å²) in [5.74, 6) is -2.67. The molecule has 1 aromatic rings. The topological polar surface area (TPSA) is 58.2 Å². The number of carbonyl (C=O) groups is 2. The molecule has 114 valence electrons. The summed E-state index contributed by atoms with van der Waals surface area (Å²) in [6, 6.07) is 8.69. The predicted molar refractivity (Wildman–Crippen MR) is 69.2 cm³/mol. The van der Waals surface area contributed by atoms with Crippen LogP contribution in [-0.2, 0) is 9.59 Å². The Morgan fingerprint density at radius 3 is 2.24 bits per heavy atom. The van der Waals surface area contributed by atoms with Crippen molar-refractivity contribution in [1.82, 2.24) is 10.6 Å². The molecule has 1 unspecified atom stereocenters. The number of benzene rings is 1. The average Bonchev–Trinajstić information content (AvgIpc) is 3.19. The number of hydrogen-bond acceptors (Lipinski definition) is 2. The summed E-state index contributed by atoms with van der Waals surface area (Å²) in [4.78, 5) is 23.0. The minimum Gasteiger partial charge on any atom is -0.348 e. The van der Waals surface area contributed by atoms with Crippen LogP contribution in [0.15, 0.2) is 30.3 Å². The molecule has 2 amide bonds. The number of amides is 2. The molecule has 0 aliphatic heterocycles. The zero-order chi connectivity index (χ0) is 15.7. The first-order valence-electron chi connectivity index (χ1n) is 6.50. The summed E-state index contributed by atoms with van der Waals surface area (Å²) in [5.41, 5.74) is -0.584. The lowest BCUT2D eigenvalue weighted by atomic mass is 10.1. The molecular weight excluding hydrogens is 285 g/mol. The first kappa shape index (κ1) is 15.3. The van der Waals surface area contributed by atoms with E-state index in [1.165, 1.54) is 0 Å². The maximum absolute atomic E-state index is 12.3. The first-order chi connectivity index (χ1) is 9.74. The summed E-state index contributed by atoms with van der Waals surface area (Å²) in [6.45, 7) is 1.73. The van der Waals surface area contributed by atoms with Crippen LogP contribution < -0.4 is 10.6 Å². The molecule has 1 aliphatic rings. The number of alkyl halides is 3. The second-order valence-electron chi connectivity index (χ2n) is 5.14. The standard InChI is InChI=1S/C14H15F3N2O2/c1-9(10-5-3-2-4-6-10)18-11(20)13(7-8-13)19-12(21)14(15,16)17/h2-6,9H,7-8H2,1H3,(H,18,20)(H,19,21). The maximum Gasteiger partial charge on any atom is 0.471 e. The average molecular weight is 300 g/mol. The van der Waals surface area contributed by atoms with E-state index in [-0.39, 0.29) is 18.9 Å². The smallest absolute Gasteiger partial charge is 0.348 e. The second kappa shape index (κ2) is 5.38. The van der Waals surface area contributed by atoms with Crippen molar-refractivity contribution in [2.45, 2.75) is 37.5 Å². The van der Waals surface area contributed by atoms with Gasteiger partial charge in [0.2, 0.25) is 5.91 Å². The Labute approximate surface area is 119 Å². The highest BCUT2D eigenvalue weighted by molar-refractivity contribution is 5.95. The van der Waals surface area contributed by atoms with E-state index in [1.807, 2.05) is 6.07 Å². The van der Waals surface area contributed by atoms with Gasteiger partial charge in [0.1, 0.15) is 5.54 Å². The molecule has 1 saturated carbocycles. The Balaban J connectivity index is 1.99. The maximum atomic E-state index is 12.3. The molecular formula is C14H15F3N2O2. The normalized spacial score (nSPS) is 17.7. The highest BCUT2D eigenvalue weighted by atomic mass is 19.4. The number of rotatable bonds is 4. The fraction of sp³-hybridized carbons (Fsp3) is 0.429. The predicted octanol–water partition coefficient (Wildman–Crippen LogP) is 2.07. The van der Waals surface area contributed by atoms with Crippen LogP contribution in [0, 0.1) is 0 Å². The van der Waals surface area contributed by atoms with Gasteiger partial charge in [-0.15, -0.1) is 0 Å². The summed E-state index contributed by atoms with van der Waals surface area (Å²) in [6.07, 6.45) is -4.56. The molecule has 1 atom stereocenters. The van der Waals surface area contributed by atoms with Crippen LogP contribution in [0.2, 0.25) is 0 Å². The molecule has 0 saturated heterocycles. The zero-order valence-electron chi connectivity index (χ0n) is 11.3. The van der Waals surface area contributed by atoms with Gasteiger partial charge >= 0.3 is 12.1 Å². The van der Waals surface area contributed by atoms with Gasteiger partial charge in [-0.1, -0.05) is 30.3 Å². The molecule has 4 nitrogen and oxygen atoms in total. The largest absolute Gasteiger partial charge is 0.471 e. The van der Waals surface area contributed by atoms with Gasteiger partial charge in [0.25, 0.3) is 0 Å². The van der Waals surface area contributed by atoms with Crippen LogP contribution >= 0.6 is 0 Å². The van der Waals surface area contributed by atoms with Crippen LogP contribution in [0.3, 0.4) is 0 Å². The Morgan fingerprint density at radius 2 is 1.76 bits per heavy atom. The third kappa shape index (κ3) is 3.53. The number of nitrogens with one attached hydrogen (secondary N) is 2. The molecule has 0 aromatic heterocycles. The molecule has 0 bridgehead atoms. The fourth-order valence-electron chi connectivity index (χ4n) is 1.98. The summed E-state index contributed by atoms with van der Waals surface area (Å²) in [5, 5.41) is 4.42. The van der Waals surface area contributed by atoms with Crippen molar-refractivity contribution in [2.24, 2.45) is 0 Å². The lowest BCUT2D eigenvalue weighted by molar-refractivity contribution is -0.175. The number of halogens is 3. The minimum atomic E-state index is -4.99. The molecule has 1 aromatic carbocycles. The van der Waals surface area contributed by atoms with E-state index < -0.39 is 23.5 Å². The quantitative estimate of drug-likeness (QED) is 0.894. The van der Waals surface area contributed by atoms with E-state index in [4.69, 9.17) is 0 Å². The van der Waals surface area contributed by atoms with Crippen molar-refractivity contribution in [3.63, 3.8) is 0 Å². The molecule has 0 spiro atoms. The molecule has 0 heterocycles. The van der Waals surface area contributed by atoms with Crippen molar-refractivity contribution in [2.75, 3.05) is 0 Å². The van der Waals surface area contributed by atoms with Crippen LogP contribution in [0.25, 0.3) is 0 Å². The molecule has 0 radical (unpaired) electrons. The van der Waals surface area contributed by atoms with Crippen molar-refractivity contribution in [3.05, 3.63) is 35.9 Å². The SMILES string of the molecule is CC(NC(=O)C1(NC(=O)C(F)(F)F)CC1)c1ccccc1. The van der Waals surface area contributed by atoms with Crippen molar-refractivity contribution >= 4 is 11.8 Å². The van der Waals surface area contributed by atoms with E-state index in [2.05, 4.69) is 5.32 Å². The summed E-state index contributed by atoms with van der Waals surface area (Å²) < 4.78 is 36.8. The molecule has 21 heavy (non-hydrogen) atoms. The van der Waals surface area contributed by atoms with Crippen LogP contribution in [0.1, 0.15) is 31.4 Å². The van der Waals surface area contributed by atoms with E-state index in [0.717, 1.165) is 5.56 Å². The van der Waals surface area contributed by atoms with Crippen LogP contribution in [-0.4, -0.2) is 23.5 Å². The van der Waals surface area contributed by atoms with Crippen LogP contribution in [0.4, 0.5) is 13.2 Å².